The number of benzene rings is 2. The predicted molar refractivity (Wildman–Crippen MR) is 148 cm³/mol. The van der Waals surface area contributed by atoms with Crippen molar-refractivity contribution in [2.24, 2.45) is 0 Å². The molecule has 0 bridgehead atoms. The van der Waals surface area contributed by atoms with Crippen LogP contribution in [0.25, 0.3) is 11.3 Å². The number of aromatic nitrogens is 4. The highest BCUT2D eigenvalue weighted by atomic mass is 35.5. The van der Waals surface area contributed by atoms with Crippen molar-refractivity contribution in [2.75, 3.05) is 25.1 Å². The number of imidazole rings is 1. The lowest BCUT2D eigenvalue weighted by Crippen LogP contribution is -2.34. The van der Waals surface area contributed by atoms with E-state index in [4.69, 9.17) is 37.4 Å². The Kier molecular flexibility index (Phi) is 8.44. The van der Waals surface area contributed by atoms with E-state index in [2.05, 4.69) is 27.2 Å². The molecule has 8 nitrogen and oxygen atoms in total. The van der Waals surface area contributed by atoms with Crippen molar-refractivity contribution in [3.05, 3.63) is 89.1 Å². The predicted octanol–water partition coefficient (Wildman–Crippen LogP) is 6.21. The Morgan fingerprint density at radius 2 is 2.00 bits per heavy atom. The van der Waals surface area contributed by atoms with Crippen LogP contribution in [0.15, 0.2) is 73.4 Å². The van der Waals surface area contributed by atoms with Gasteiger partial charge >= 0.3 is 0 Å². The van der Waals surface area contributed by atoms with Gasteiger partial charge in [0.05, 0.1) is 30.2 Å². The molecule has 3 heterocycles. The van der Waals surface area contributed by atoms with E-state index in [9.17, 15) is 0 Å². The lowest BCUT2D eigenvalue weighted by Gasteiger charge is -2.30. The molecule has 38 heavy (non-hydrogen) atoms. The first-order chi connectivity index (χ1) is 18.5. The lowest BCUT2D eigenvalue weighted by molar-refractivity contribution is -0.189. The summed E-state index contributed by atoms with van der Waals surface area (Å²) in [6, 6.07) is 15.0. The Morgan fingerprint density at radius 3 is 2.76 bits per heavy atom. The second kappa shape index (κ2) is 12.1. The maximum Gasteiger partial charge on any atom is 0.223 e. The van der Waals surface area contributed by atoms with E-state index in [0.717, 1.165) is 36.4 Å². The Balaban J connectivity index is 1.24. The normalized spacial score (nSPS) is 19.0. The molecule has 1 saturated heterocycles. The van der Waals surface area contributed by atoms with Crippen molar-refractivity contribution in [2.45, 2.75) is 38.2 Å². The first kappa shape index (κ1) is 26.4. The van der Waals surface area contributed by atoms with Gasteiger partial charge in [-0.2, -0.15) is 0 Å². The SMILES string of the molecule is CCCCNc1nccc(-c2ccc(OCC3COC(Cn4ccnc4)(c4ccc(Cl)cc4Cl)O3)cc2)n1. The van der Waals surface area contributed by atoms with Crippen molar-refractivity contribution < 1.29 is 14.2 Å². The summed E-state index contributed by atoms with van der Waals surface area (Å²) < 4.78 is 20.7. The van der Waals surface area contributed by atoms with Crippen molar-refractivity contribution in [3.8, 4) is 17.0 Å². The molecule has 198 valence electrons. The lowest BCUT2D eigenvalue weighted by atomic mass is 10.1. The van der Waals surface area contributed by atoms with Gasteiger partial charge in [-0.05, 0) is 48.9 Å². The third kappa shape index (κ3) is 6.27. The summed E-state index contributed by atoms with van der Waals surface area (Å²) in [5.74, 6) is 0.273. The maximum atomic E-state index is 6.55. The topological polar surface area (TPSA) is 83.3 Å². The number of hydrogen-bond donors (Lipinski definition) is 1. The van der Waals surface area contributed by atoms with E-state index in [0.29, 0.717) is 41.3 Å². The van der Waals surface area contributed by atoms with Crippen molar-refractivity contribution in [3.63, 3.8) is 0 Å². The fourth-order valence-electron chi connectivity index (χ4n) is 4.27. The highest BCUT2D eigenvalue weighted by molar-refractivity contribution is 6.35. The molecule has 5 rings (SSSR count). The zero-order chi connectivity index (χ0) is 26.4. The fourth-order valence-corrected chi connectivity index (χ4v) is 4.82. The molecule has 0 saturated carbocycles. The number of nitrogens with zero attached hydrogens (tertiary/aromatic N) is 4. The minimum absolute atomic E-state index is 0.302. The Bertz CT molecular complexity index is 1340. The van der Waals surface area contributed by atoms with E-state index in [-0.39, 0.29) is 6.10 Å². The van der Waals surface area contributed by atoms with Gasteiger partial charge in [0.2, 0.25) is 11.7 Å². The molecule has 2 atom stereocenters. The van der Waals surface area contributed by atoms with E-state index in [1.807, 2.05) is 47.2 Å². The Morgan fingerprint density at radius 1 is 1.13 bits per heavy atom. The maximum absolute atomic E-state index is 6.55. The van der Waals surface area contributed by atoms with E-state index in [1.165, 1.54) is 0 Å². The molecular formula is C28H29Cl2N5O3. The molecule has 0 spiro atoms. The van der Waals surface area contributed by atoms with E-state index < -0.39 is 5.79 Å². The number of halogens is 2. The first-order valence-electron chi connectivity index (χ1n) is 12.6. The summed E-state index contributed by atoms with van der Waals surface area (Å²) in [6.07, 6.45) is 8.93. The molecule has 0 amide bonds. The largest absolute Gasteiger partial charge is 0.491 e. The molecule has 1 fully saturated rings. The summed E-state index contributed by atoms with van der Waals surface area (Å²) in [7, 11) is 0. The molecule has 2 aromatic carbocycles. The summed E-state index contributed by atoms with van der Waals surface area (Å²) in [5, 5.41) is 4.28. The molecule has 1 N–H and O–H groups in total. The fraction of sp³-hybridized carbons (Fsp3) is 0.321. The van der Waals surface area contributed by atoms with Crippen LogP contribution in [0.3, 0.4) is 0 Å². The van der Waals surface area contributed by atoms with Gasteiger partial charge in [0, 0.05) is 41.3 Å². The van der Waals surface area contributed by atoms with E-state index >= 15 is 0 Å². The number of ether oxygens (including phenoxy) is 3. The van der Waals surface area contributed by atoms with Crippen LogP contribution < -0.4 is 10.1 Å². The summed E-state index contributed by atoms with van der Waals surface area (Å²) in [4.78, 5) is 13.1. The molecular weight excluding hydrogens is 525 g/mol. The number of unbranched alkanes of at least 4 members (excludes halogenated alkanes) is 1. The van der Waals surface area contributed by atoms with Crippen molar-refractivity contribution in [1.29, 1.82) is 0 Å². The van der Waals surface area contributed by atoms with Crippen LogP contribution in [0, 0.1) is 0 Å². The number of hydrogen-bond acceptors (Lipinski definition) is 7. The van der Waals surface area contributed by atoms with Crippen LogP contribution in [0.2, 0.25) is 10.0 Å². The smallest absolute Gasteiger partial charge is 0.223 e. The number of nitrogens with one attached hydrogen (secondary N) is 1. The van der Waals surface area contributed by atoms with Crippen LogP contribution in [0.5, 0.6) is 5.75 Å². The standard InChI is InChI=1S/C28H29Cl2N5O3/c1-2-3-11-32-27-33-12-10-26(34-27)20-4-7-22(8-5-20)36-16-23-17-37-28(38-23,18-35-14-13-31-19-35)24-9-6-21(29)15-25(24)30/h4-10,12-15,19,23H,2-3,11,16-18H2,1H3,(H,32,33,34). The average molecular weight is 554 g/mol. The van der Waals surface area contributed by atoms with Gasteiger partial charge in [0.1, 0.15) is 18.5 Å². The third-order valence-corrected chi connectivity index (χ3v) is 6.75. The van der Waals surface area contributed by atoms with E-state index in [1.54, 1.807) is 30.9 Å². The Hall–Kier alpha value is -3.17. The summed E-state index contributed by atoms with van der Waals surface area (Å²) in [6.45, 7) is 4.05. The van der Waals surface area contributed by atoms with Gasteiger partial charge in [0.15, 0.2) is 0 Å². The zero-order valence-electron chi connectivity index (χ0n) is 21.0. The van der Waals surface area contributed by atoms with Crippen LogP contribution in [-0.4, -0.2) is 45.4 Å². The molecule has 2 unspecified atom stereocenters. The van der Waals surface area contributed by atoms with Crippen molar-refractivity contribution >= 4 is 29.2 Å². The number of anilines is 1. The third-order valence-electron chi connectivity index (χ3n) is 6.21. The van der Waals surface area contributed by atoms with Crippen LogP contribution in [-0.2, 0) is 21.8 Å². The Labute approximate surface area is 231 Å². The van der Waals surface area contributed by atoms with Gasteiger partial charge in [0.25, 0.3) is 0 Å². The summed E-state index contributed by atoms with van der Waals surface area (Å²) in [5.41, 5.74) is 2.54. The van der Waals surface area contributed by atoms with Crippen LogP contribution in [0.4, 0.5) is 5.95 Å². The van der Waals surface area contributed by atoms with Crippen LogP contribution >= 0.6 is 23.2 Å². The van der Waals surface area contributed by atoms with Crippen LogP contribution in [0.1, 0.15) is 25.3 Å². The molecule has 4 aromatic rings. The molecule has 1 aliphatic heterocycles. The quantitative estimate of drug-likeness (QED) is 0.221. The van der Waals surface area contributed by atoms with Gasteiger partial charge in [-0.25, -0.2) is 15.0 Å². The molecule has 0 aliphatic carbocycles. The van der Waals surface area contributed by atoms with Crippen molar-refractivity contribution in [1.82, 2.24) is 19.5 Å². The second-order valence-electron chi connectivity index (χ2n) is 9.04. The highest BCUT2D eigenvalue weighted by Crippen LogP contribution is 2.40. The first-order valence-corrected chi connectivity index (χ1v) is 13.3. The van der Waals surface area contributed by atoms with Gasteiger partial charge in [-0.1, -0.05) is 42.6 Å². The van der Waals surface area contributed by atoms with Gasteiger partial charge in [-0.15, -0.1) is 0 Å². The minimum atomic E-state index is -1.09. The zero-order valence-corrected chi connectivity index (χ0v) is 22.5. The van der Waals surface area contributed by atoms with Gasteiger partial charge in [-0.3, -0.25) is 0 Å². The monoisotopic (exact) mass is 553 g/mol. The average Bonchev–Trinajstić information content (AvgIpc) is 3.59. The minimum Gasteiger partial charge on any atom is -0.491 e. The second-order valence-corrected chi connectivity index (χ2v) is 9.89. The number of rotatable bonds is 11. The van der Waals surface area contributed by atoms with Gasteiger partial charge < -0.3 is 24.1 Å². The molecule has 1 aliphatic rings. The molecule has 2 aromatic heterocycles. The molecule has 10 heteroatoms. The molecule has 0 radical (unpaired) electrons. The summed E-state index contributed by atoms with van der Waals surface area (Å²) >= 11 is 12.7. The highest BCUT2D eigenvalue weighted by Gasteiger charge is 2.45.